The molecule has 1 rings (SSSR count). The average Bonchev–Trinajstić information content (AvgIpc) is 2.60. The molecule has 0 aliphatic carbocycles. The molecule has 0 unspecified atom stereocenters. The van der Waals surface area contributed by atoms with Gasteiger partial charge in [0, 0.05) is 12.6 Å². The monoisotopic (exact) mass is 424 g/mol. The van der Waals surface area contributed by atoms with E-state index in [-0.39, 0.29) is 26.3 Å². The smallest absolute Gasteiger partial charge is 0.325 e. The van der Waals surface area contributed by atoms with Crippen LogP contribution in [-0.4, -0.2) is 49.7 Å². The maximum absolute atomic E-state index is 12.4. The van der Waals surface area contributed by atoms with Gasteiger partial charge in [-0.3, -0.25) is 9.59 Å². The molecule has 1 aromatic carbocycles. The van der Waals surface area contributed by atoms with Crippen molar-refractivity contribution in [3.05, 3.63) is 34.8 Å². The fourth-order valence-corrected chi connectivity index (χ4v) is 2.59. The second-order valence-corrected chi connectivity index (χ2v) is 5.84. The molecule has 1 amide bonds. The van der Waals surface area contributed by atoms with Crippen molar-refractivity contribution in [2.45, 2.75) is 13.8 Å². The predicted molar refractivity (Wildman–Crippen MR) is 98.9 cm³/mol. The van der Waals surface area contributed by atoms with Crippen molar-refractivity contribution < 1.29 is 23.8 Å². The third kappa shape index (κ3) is 6.41. The lowest BCUT2D eigenvalue weighted by molar-refractivity contribution is -0.149. The van der Waals surface area contributed by atoms with Crippen molar-refractivity contribution >= 4 is 27.8 Å². The van der Waals surface area contributed by atoms with E-state index < -0.39 is 11.9 Å². The fraction of sp³-hybridized carbons (Fsp3) is 0.389. The lowest BCUT2D eigenvalue weighted by atomic mass is 10.2. The SMILES string of the molecule is C=CCN(CC(=O)OCC)C(=O)COc1c(Br)cc(C#N)cc1OCC. The van der Waals surface area contributed by atoms with E-state index in [1.807, 2.05) is 6.07 Å². The van der Waals surface area contributed by atoms with E-state index in [1.165, 1.54) is 17.0 Å². The molecule has 0 atom stereocenters. The number of nitrogens with zero attached hydrogens (tertiary/aromatic N) is 2. The first kappa shape index (κ1) is 21.5. The van der Waals surface area contributed by atoms with Gasteiger partial charge in [0.1, 0.15) is 6.54 Å². The summed E-state index contributed by atoms with van der Waals surface area (Å²) >= 11 is 3.32. The van der Waals surface area contributed by atoms with Crippen LogP contribution in [0, 0.1) is 11.3 Å². The van der Waals surface area contributed by atoms with Crippen LogP contribution in [0.2, 0.25) is 0 Å². The minimum Gasteiger partial charge on any atom is -0.490 e. The van der Waals surface area contributed by atoms with Gasteiger partial charge in [-0.1, -0.05) is 6.08 Å². The number of nitriles is 1. The van der Waals surface area contributed by atoms with Crippen LogP contribution in [-0.2, 0) is 14.3 Å². The first-order chi connectivity index (χ1) is 12.5. The summed E-state index contributed by atoms with van der Waals surface area (Å²) in [7, 11) is 0. The van der Waals surface area contributed by atoms with Crippen molar-refractivity contribution in [2.24, 2.45) is 0 Å². The van der Waals surface area contributed by atoms with Crippen molar-refractivity contribution in [1.29, 1.82) is 5.26 Å². The Bertz CT molecular complexity index is 700. The van der Waals surface area contributed by atoms with Gasteiger partial charge in [-0.05, 0) is 35.8 Å². The Kier molecular flexibility index (Phi) is 9.23. The van der Waals surface area contributed by atoms with Crippen LogP contribution in [0.25, 0.3) is 0 Å². The molecule has 0 saturated heterocycles. The van der Waals surface area contributed by atoms with Crippen LogP contribution in [0.15, 0.2) is 29.3 Å². The van der Waals surface area contributed by atoms with Crippen molar-refractivity contribution in [3.8, 4) is 17.6 Å². The number of carbonyl (C=O) groups excluding carboxylic acids is 2. The maximum atomic E-state index is 12.4. The summed E-state index contributed by atoms with van der Waals surface area (Å²) in [6.07, 6.45) is 1.51. The molecule has 8 heteroatoms. The zero-order chi connectivity index (χ0) is 19.5. The number of esters is 1. The summed E-state index contributed by atoms with van der Waals surface area (Å²) in [4.78, 5) is 25.3. The second-order valence-electron chi connectivity index (χ2n) is 4.99. The molecule has 0 aliphatic heterocycles. The number of ether oxygens (including phenoxy) is 3. The highest BCUT2D eigenvalue weighted by Crippen LogP contribution is 2.36. The van der Waals surface area contributed by atoms with Crippen LogP contribution in [0.4, 0.5) is 0 Å². The van der Waals surface area contributed by atoms with Crippen molar-refractivity contribution in [3.63, 3.8) is 0 Å². The number of hydrogen-bond acceptors (Lipinski definition) is 6. The Labute approximate surface area is 161 Å². The number of rotatable bonds is 10. The molecular weight excluding hydrogens is 404 g/mol. The third-order valence-corrected chi connectivity index (χ3v) is 3.69. The van der Waals surface area contributed by atoms with Gasteiger partial charge in [-0.25, -0.2) is 0 Å². The van der Waals surface area contributed by atoms with Crippen LogP contribution in [0.5, 0.6) is 11.5 Å². The molecule has 7 nitrogen and oxygen atoms in total. The molecule has 0 fully saturated rings. The molecule has 0 saturated carbocycles. The lowest BCUT2D eigenvalue weighted by Gasteiger charge is -2.21. The van der Waals surface area contributed by atoms with E-state index in [0.717, 1.165) is 0 Å². The van der Waals surface area contributed by atoms with Gasteiger partial charge in [0.05, 0.1) is 29.3 Å². The first-order valence-corrected chi connectivity index (χ1v) is 8.79. The molecule has 0 radical (unpaired) electrons. The van der Waals surface area contributed by atoms with Crippen molar-refractivity contribution in [1.82, 2.24) is 4.90 Å². The summed E-state index contributed by atoms with van der Waals surface area (Å²) in [6.45, 7) is 7.38. The molecule has 1 aromatic rings. The van der Waals surface area contributed by atoms with E-state index in [0.29, 0.717) is 28.1 Å². The number of benzene rings is 1. The van der Waals surface area contributed by atoms with Crippen molar-refractivity contribution in [2.75, 3.05) is 32.9 Å². The van der Waals surface area contributed by atoms with Crippen LogP contribution in [0.3, 0.4) is 0 Å². The third-order valence-electron chi connectivity index (χ3n) is 3.11. The highest BCUT2D eigenvalue weighted by atomic mass is 79.9. The zero-order valence-corrected chi connectivity index (χ0v) is 16.4. The minimum atomic E-state index is -0.503. The Morgan fingerprint density at radius 1 is 1.31 bits per heavy atom. The Morgan fingerprint density at radius 2 is 2.04 bits per heavy atom. The molecule has 0 bridgehead atoms. The summed E-state index contributed by atoms with van der Waals surface area (Å²) in [5.74, 6) is -0.241. The zero-order valence-electron chi connectivity index (χ0n) is 14.8. The van der Waals surface area contributed by atoms with Gasteiger partial charge < -0.3 is 19.1 Å². The number of carbonyl (C=O) groups is 2. The summed E-state index contributed by atoms with van der Waals surface area (Å²) in [5, 5.41) is 9.04. The van der Waals surface area contributed by atoms with Gasteiger partial charge in [0.15, 0.2) is 18.1 Å². The van der Waals surface area contributed by atoms with E-state index in [4.69, 9.17) is 19.5 Å². The van der Waals surface area contributed by atoms with Crippen LogP contribution < -0.4 is 9.47 Å². The maximum Gasteiger partial charge on any atom is 0.325 e. The standard InChI is InChI=1S/C18H21BrN2O5/c1-4-7-21(11-17(23)25-6-3)16(22)12-26-18-14(19)8-13(10-20)9-15(18)24-5-2/h4,8-9H,1,5-7,11-12H2,2-3H3. The average molecular weight is 425 g/mol. The van der Waals surface area contributed by atoms with Gasteiger partial charge in [0.2, 0.25) is 0 Å². The lowest BCUT2D eigenvalue weighted by Crippen LogP contribution is -2.39. The molecular formula is C18H21BrN2O5. The fourth-order valence-electron chi connectivity index (χ4n) is 2.03. The van der Waals surface area contributed by atoms with E-state index in [2.05, 4.69) is 22.5 Å². The molecule has 0 N–H and O–H groups in total. The number of amides is 1. The molecule has 0 aliphatic rings. The first-order valence-electron chi connectivity index (χ1n) is 8.00. The number of hydrogen-bond donors (Lipinski definition) is 0. The van der Waals surface area contributed by atoms with Crippen LogP contribution >= 0.6 is 15.9 Å². The molecule has 140 valence electrons. The summed E-state index contributed by atoms with van der Waals surface area (Å²) < 4.78 is 16.4. The van der Waals surface area contributed by atoms with E-state index in [1.54, 1.807) is 19.9 Å². The van der Waals surface area contributed by atoms with E-state index in [9.17, 15) is 9.59 Å². The highest BCUT2D eigenvalue weighted by Gasteiger charge is 2.19. The van der Waals surface area contributed by atoms with Gasteiger partial charge in [-0.2, -0.15) is 5.26 Å². The van der Waals surface area contributed by atoms with Gasteiger partial charge >= 0.3 is 5.97 Å². The summed E-state index contributed by atoms with van der Waals surface area (Å²) in [5.41, 5.74) is 0.398. The Balaban J connectivity index is 2.88. The Morgan fingerprint density at radius 3 is 2.62 bits per heavy atom. The normalized spacial score (nSPS) is 9.77. The topological polar surface area (TPSA) is 88.9 Å². The molecule has 0 heterocycles. The number of halogens is 1. The predicted octanol–water partition coefficient (Wildman–Crippen LogP) is 2.68. The summed E-state index contributed by atoms with van der Waals surface area (Å²) in [6, 6.07) is 5.13. The highest BCUT2D eigenvalue weighted by molar-refractivity contribution is 9.10. The Hall–Kier alpha value is -2.53. The molecule has 26 heavy (non-hydrogen) atoms. The molecule has 0 aromatic heterocycles. The van der Waals surface area contributed by atoms with Gasteiger partial charge in [-0.15, -0.1) is 6.58 Å². The van der Waals surface area contributed by atoms with E-state index >= 15 is 0 Å². The van der Waals surface area contributed by atoms with Crippen LogP contribution in [0.1, 0.15) is 19.4 Å². The van der Waals surface area contributed by atoms with Gasteiger partial charge in [0.25, 0.3) is 5.91 Å². The minimum absolute atomic E-state index is 0.186. The largest absolute Gasteiger partial charge is 0.490 e. The molecule has 0 spiro atoms. The quantitative estimate of drug-likeness (QED) is 0.423. The second kappa shape index (κ2) is 11.2.